The Morgan fingerprint density at radius 3 is 2.63 bits per heavy atom. The Hall–Kier alpha value is -4.03. The van der Waals surface area contributed by atoms with Crippen LogP contribution in [-0.2, 0) is 16.6 Å². The maximum atomic E-state index is 13.8. The second-order valence-corrected chi connectivity index (χ2v) is 12.8. The predicted octanol–water partition coefficient (Wildman–Crippen LogP) is 4.31. The van der Waals surface area contributed by atoms with Crippen LogP contribution in [0.2, 0.25) is 0 Å². The van der Waals surface area contributed by atoms with Crippen LogP contribution in [-0.4, -0.2) is 75.2 Å². The zero-order valence-corrected chi connectivity index (χ0v) is 24.5. The Balaban J connectivity index is 1.26. The number of aromatic amines is 1. The van der Waals surface area contributed by atoms with Gasteiger partial charge in [0.25, 0.3) is 0 Å². The maximum absolute atomic E-state index is 13.8. The van der Waals surface area contributed by atoms with Crippen molar-refractivity contribution in [2.75, 3.05) is 59.7 Å². The second-order valence-electron chi connectivity index (χ2n) is 11.1. The minimum absolute atomic E-state index is 0.274. The van der Waals surface area contributed by atoms with Crippen LogP contribution in [0.25, 0.3) is 11.0 Å². The van der Waals surface area contributed by atoms with Crippen LogP contribution >= 0.6 is 0 Å². The number of rotatable bonds is 6. The van der Waals surface area contributed by atoms with E-state index in [0.717, 1.165) is 48.4 Å². The highest BCUT2D eigenvalue weighted by Crippen LogP contribution is 2.50. The molecule has 0 aliphatic carbocycles. The number of nitrogens with one attached hydrogen (secondary N) is 2. The molecule has 41 heavy (non-hydrogen) atoms. The van der Waals surface area contributed by atoms with Crippen LogP contribution in [0.1, 0.15) is 24.0 Å². The molecule has 0 bridgehead atoms. The first-order valence-electron chi connectivity index (χ1n) is 13.9. The normalized spacial score (nSPS) is 18.0. The molecular weight excluding hydrogens is 540 g/mol. The fourth-order valence-corrected chi connectivity index (χ4v) is 8.12. The first-order chi connectivity index (χ1) is 19.8. The van der Waals surface area contributed by atoms with Crippen LogP contribution in [0.3, 0.4) is 0 Å². The van der Waals surface area contributed by atoms with E-state index in [2.05, 4.69) is 52.2 Å². The minimum atomic E-state index is -3.84. The molecule has 214 valence electrons. The number of ether oxygens (including phenoxy) is 1. The molecule has 3 aliphatic rings. The first-order valence-corrected chi connectivity index (χ1v) is 15.3. The third-order valence-corrected chi connectivity index (χ3v) is 10.3. The summed E-state index contributed by atoms with van der Waals surface area (Å²) in [6.45, 7) is 4.49. The summed E-state index contributed by atoms with van der Waals surface area (Å²) in [6, 6.07) is 12.2. The van der Waals surface area contributed by atoms with E-state index in [1.807, 2.05) is 24.3 Å². The zero-order chi connectivity index (χ0) is 28.5. The molecule has 1 saturated heterocycles. The number of hydrogen-bond acceptors (Lipinski definition) is 8. The molecule has 2 N–H and O–H groups in total. The van der Waals surface area contributed by atoms with Gasteiger partial charge in [0.2, 0.25) is 5.95 Å². The molecule has 0 amide bonds. The fourth-order valence-electron chi connectivity index (χ4n) is 6.41. The lowest BCUT2D eigenvalue weighted by Gasteiger charge is -2.37. The van der Waals surface area contributed by atoms with Gasteiger partial charge in [-0.1, -0.05) is 12.1 Å². The summed E-state index contributed by atoms with van der Waals surface area (Å²) in [5.74, 6) is 1.25. The third kappa shape index (κ3) is 4.07. The summed E-state index contributed by atoms with van der Waals surface area (Å²) in [4.78, 5) is 17.3. The molecule has 7 rings (SSSR count). The van der Waals surface area contributed by atoms with Gasteiger partial charge in [-0.15, -0.1) is 0 Å². The van der Waals surface area contributed by atoms with E-state index < -0.39 is 10.2 Å². The number of methoxy groups -OCH3 is 1. The molecule has 0 radical (unpaired) electrons. The van der Waals surface area contributed by atoms with Crippen molar-refractivity contribution in [3.63, 3.8) is 0 Å². The molecule has 0 saturated carbocycles. The largest absolute Gasteiger partial charge is 0.494 e. The van der Waals surface area contributed by atoms with Gasteiger partial charge in [0, 0.05) is 43.6 Å². The summed E-state index contributed by atoms with van der Waals surface area (Å²) < 4.78 is 36.2. The number of aryl methyl sites for hydroxylation is 1. The van der Waals surface area contributed by atoms with Gasteiger partial charge in [0.15, 0.2) is 5.82 Å². The Morgan fingerprint density at radius 1 is 1.07 bits per heavy atom. The number of fused-ring (bicyclic) bond motifs is 1. The number of benzene rings is 2. The van der Waals surface area contributed by atoms with Crippen molar-refractivity contribution in [2.45, 2.75) is 32.2 Å². The molecule has 12 heteroatoms. The quantitative estimate of drug-likeness (QED) is 0.351. The lowest BCUT2D eigenvalue weighted by atomic mass is 10.0. The first kappa shape index (κ1) is 25.9. The molecule has 0 unspecified atom stereocenters. The number of piperidine rings is 1. The topological polar surface area (TPSA) is 110 Å². The highest BCUT2D eigenvalue weighted by Gasteiger charge is 2.46. The number of aromatic nitrogens is 3. The van der Waals surface area contributed by atoms with E-state index in [1.165, 1.54) is 8.61 Å². The second kappa shape index (κ2) is 9.52. The summed E-state index contributed by atoms with van der Waals surface area (Å²) in [5.41, 5.74) is 5.89. The molecule has 0 spiro atoms. The van der Waals surface area contributed by atoms with E-state index >= 15 is 0 Å². The van der Waals surface area contributed by atoms with Crippen molar-refractivity contribution in [3.8, 4) is 5.75 Å². The Bertz CT molecular complexity index is 1760. The molecule has 3 aliphatic heterocycles. The van der Waals surface area contributed by atoms with E-state index in [0.29, 0.717) is 53.0 Å². The van der Waals surface area contributed by atoms with Crippen LogP contribution in [0.4, 0.5) is 34.5 Å². The molecule has 2 aromatic heterocycles. The van der Waals surface area contributed by atoms with Gasteiger partial charge in [-0.05, 0) is 69.6 Å². The number of nitrogens with zero attached hydrogens (tertiary/aromatic N) is 6. The number of H-pyrrole nitrogens is 1. The van der Waals surface area contributed by atoms with Crippen molar-refractivity contribution in [1.82, 2.24) is 19.9 Å². The lowest BCUT2D eigenvalue weighted by molar-refractivity contribution is 0.249. The van der Waals surface area contributed by atoms with Crippen molar-refractivity contribution >= 4 is 55.8 Å². The summed E-state index contributed by atoms with van der Waals surface area (Å²) in [5, 5.41) is 3.95. The molecule has 2 aromatic carbocycles. The van der Waals surface area contributed by atoms with Crippen LogP contribution in [0, 0.1) is 6.92 Å². The number of para-hydroxylation sites is 1. The molecule has 0 atom stereocenters. The van der Waals surface area contributed by atoms with Gasteiger partial charge in [0.1, 0.15) is 11.4 Å². The van der Waals surface area contributed by atoms with Crippen molar-refractivity contribution in [1.29, 1.82) is 0 Å². The van der Waals surface area contributed by atoms with Gasteiger partial charge >= 0.3 is 10.2 Å². The van der Waals surface area contributed by atoms with Crippen molar-refractivity contribution < 1.29 is 13.2 Å². The van der Waals surface area contributed by atoms with E-state index in [9.17, 15) is 8.42 Å². The molecule has 4 aromatic rings. The lowest BCUT2D eigenvalue weighted by Crippen LogP contribution is -2.42. The summed E-state index contributed by atoms with van der Waals surface area (Å²) in [7, 11) is 2.10. The Labute approximate surface area is 239 Å². The molecule has 5 heterocycles. The smallest absolute Gasteiger partial charge is 0.332 e. The highest BCUT2D eigenvalue weighted by molar-refractivity contribution is 7.95. The standard InChI is InChI=1S/C29H34N8O3S/c1-18-16-22(25(40-4)17-24(18)35-13-10-20(11-14-35)34(2)3)31-29-32-27-21(8-12-30-27)28(33-29)37-23-7-5-6-19-9-15-36(26(19)23)41(37,38)39/h5-8,12,16-17,20H,9-11,13-15H2,1-4H3,(H2,30,31,32,33). The average Bonchev–Trinajstić information content (AvgIpc) is 3.66. The van der Waals surface area contributed by atoms with Crippen LogP contribution < -0.4 is 23.6 Å². The fraction of sp³-hybridized carbons (Fsp3) is 0.379. The summed E-state index contributed by atoms with van der Waals surface area (Å²) in [6.07, 6.45) is 4.68. The molecule has 1 fully saturated rings. The van der Waals surface area contributed by atoms with Crippen LogP contribution in [0.5, 0.6) is 5.75 Å². The van der Waals surface area contributed by atoms with Crippen molar-refractivity contribution in [2.24, 2.45) is 0 Å². The predicted molar refractivity (Wildman–Crippen MR) is 162 cm³/mol. The van der Waals surface area contributed by atoms with Crippen molar-refractivity contribution in [3.05, 3.63) is 53.7 Å². The van der Waals surface area contributed by atoms with Gasteiger partial charge in [0.05, 0.1) is 29.6 Å². The number of hydrogen-bond donors (Lipinski definition) is 2. The number of anilines is 6. The van der Waals surface area contributed by atoms with E-state index in [4.69, 9.17) is 9.72 Å². The van der Waals surface area contributed by atoms with Gasteiger partial charge in [-0.3, -0.25) is 4.31 Å². The maximum Gasteiger partial charge on any atom is 0.332 e. The minimum Gasteiger partial charge on any atom is -0.494 e. The van der Waals surface area contributed by atoms with Crippen LogP contribution in [0.15, 0.2) is 42.6 Å². The van der Waals surface area contributed by atoms with E-state index in [-0.39, 0.29) is 5.95 Å². The Kier molecular flexibility index (Phi) is 6.02. The molecular formula is C29H34N8O3S. The highest BCUT2D eigenvalue weighted by atomic mass is 32.2. The zero-order valence-electron chi connectivity index (χ0n) is 23.7. The monoisotopic (exact) mass is 574 g/mol. The van der Waals surface area contributed by atoms with Gasteiger partial charge in [-0.25, -0.2) is 4.31 Å². The Morgan fingerprint density at radius 2 is 1.88 bits per heavy atom. The summed E-state index contributed by atoms with van der Waals surface area (Å²) >= 11 is 0. The van der Waals surface area contributed by atoms with E-state index in [1.54, 1.807) is 19.4 Å². The van der Waals surface area contributed by atoms with Gasteiger partial charge < -0.3 is 24.8 Å². The third-order valence-electron chi connectivity index (χ3n) is 8.55. The van der Waals surface area contributed by atoms with Gasteiger partial charge in [-0.2, -0.15) is 18.4 Å². The average molecular weight is 575 g/mol. The SMILES string of the molecule is COc1cc(N2CCC(N(C)C)CC2)c(C)cc1Nc1nc(N2c3cccc4c3N(CC4)S2(=O)=O)c2cc[nH]c2n1. The molecule has 11 nitrogen and oxygen atoms in total.